The lowest BCUT2D eigenvalue weighted by Gasteiger charge is -2.21. The van der Waals surface area contributed by atoms with E-state index in [4.69, 9.17) is 4.74 Å². The number of β-amino-alcohol motifs (C(OH)–C–C–N with tert-alkyl or cyclic N) is 1. The van der Waals surface area contributed by atoms with Gasteiger partial charge in [-0.3, -0.25) is 14.9 Å². The molecule has 0 spiro atoms. The summed E-state index contributed by atoms with van der Waals surface area (Å²) in [5, 5.41) is 24.3. The van der Waals surface area contributed by atoms with Crippen molar-refractivity contribution in [1.29, 1.82) is 0 Å². The Bertz CT molecular complexity index is 965. The highest BCUT2D eigenvalue weighted by Gasteiger charge is 2.36. The number of carbonyl (C=O) groups is 1. The Balaban J connectivity index is 1.92. The third-order valence-electron chi connectivity index (χ3n) is 4.84. The summed E-state index contributed by atoms with van der Waals surface area (Å²) in [6.07, 6.45) is 3.27. The molecule has 0 bridgehead atoms. The van der Waals surface area contributed by atoms with Crippen LogP contribution in [0.4, 0.5) is 17.1 Å². The highest BCUT2D eigenvalue weighted by Crippen LogP contribution is 2.46. The number of fused-ring (bicyclic) bond motifs is 1. The zero-order valence-electron chi connectivity index (χ0n) is 14.6. The Hall–Kier alpha value is -3.33. The van der Waals surface area contributed by atoms with Crippen LogP contribution in [0, 0.1) is 10.1 Å². The first-order valence-corrected chi connectivity index (χ1v) is 8.48. The Kier molecular flexibility index (Phi) is 4.08. The molecule has 140 valence electrons. The number of nitrogens with zero attached hydrogens (tertiary/aromatic N) is 2. The standard InChI is InChI=1S/C18H18N4O5/c1-27-15-4-6-19-13(15)8-11-16-12(20-18(11)24)2-3-14(22(25)26)17(16)21-7-5-10(23)9-21/h2-4,6,8,10,19,23H,5,7,9H2,1H3,(H,20,24)/b11-8-/t10-/m1/s1. The van der Waals surface area contributed by atoms with Crippen LogP contribution in [0.1, 0.15) is 17.7 Å². The monoisotopic (exact) mass is 370 g/mol. The average Bonchev–Trinajstić information content (AvgIpc) is 3.34. The molecule has 0 aliphatic carbocycles. The van der Waals surface area contributed by atoms with Gasteiger partial charge in [0.05, 0.1) is 35.1 Å². The number of hydrogen-bond acceptors (Lipinski definition) is 6. The van der Waals surface area contributed by atoms with E-state index in [1.54, 1.807) is 23.2 Å². The second-order valence-corrected chi connectivity index (χ2v) is 6.47. The van der Waals surface area contributed by atoms with Crippen molar-refractivity contribution in [2.24, 2.45) is 0 Å². The highest BCUT2D eigenvalue weighted by molar-refractivity contribution is 6.36. The van der Waals surface area contributed by atoms with Gasteiger partial charge in [0.25, 0.3) is 11.6 Å². The lowest BCUT2D eigenvalue weighted by molar-refractivity contribution is -0.384. The first-order valence-electron chi connectivity index (χ1n) is 8.48. The Morgan fingerprint density at radius 2 is 2.22 bits per heavy atom. The summed E-state index contributed by atoms with van der Waals surface area (Å²) in [4.78, 5) is 28.5. The minimum absolute atomic E-state index is 0.0938. The summed E-state index contributed by atoms with van der Waals surface area (Å²) >= 11 is 0. The number of H-pyrrole nitrogens is 1. The molecule has 9 heteroatoms. The lowest BCUT2D eigenvalue weighted by atomic mass is 10.0. The number of aromatic amines is 1. The highest BCUT2D eigenvalue weighted by atomic mass is 16.6. The van der Waals surface area contributed by atoms with Crippen LogP contribution < -0.4 is 15.0 Å². The molecule has 1 atom stereocenters. The second-order valence-electron chi connectivity index (χ2n) is 6.47. The predicted molar refractivity (Wildman–Crippen MR) is 99.8 cm³/mol. The SMILES string of the molecule is COc1cc[nH]c1/C=C1\C(=O)Nc2ccc([N+](=O)[O-])c(N3CC[C@@H](O)C3)c21. The van der Waals surface area contributed by atoms with Crippen molar-refractivity contribution >= 4 is 34.6 Å². The molecule has 2 aliphatic rings. The van der Waals surface area contributed by atoms with Crippen LogP contribution >= 0.6 is 0 Å². The summed E-state index contributed by atoms with van der Waals surface area (Å²) in [5.74, 6) is 0.218. The van der Waals surface area contributed by atoms with Crippen molar-refractivity contribution in [3.05, 3.63) is 45.8 Å². The molecule has 0 unspecified atom stereocenters. The fourth-order valence-corrected chi connectivity index (χ4v) is 3.61. The van der Waals surface area contributed by atoms with Gasteiger partial charge in [-0.25, -0.2) is 0 Å². The van der Waals surface area contributed by atoms with Gasteiger partial charge in [0, 0.05) is 30.9 Å². The van der Waals surface area contributed by atoms with Gasteiger partial charge >= 0.3 is 0 Å². The minimum Gasteiger partial charge on any atom is -0.495 e. The number of hydrogen-bond donors (Lipinski definition) is 3. The van der Waals surface area contributed by atoms with Gasteiger partial charge in [-0.2, -0.15) is 0 Å². The van der Waals surface area contributed by atoms with Crippen LogP contribution in [0.25, 0.3) is 11.6 Å². The van der Waals surface area contributed by atoms with Crippen LogP contribution in [-0.2, 0) is 4.79 Å². The number of aliphatic hydroxyl groups is 1. The lowest BCUT2D eigenvalue weighted by Crippen LogP contribution is -2.23. The number of nitro groups is 1. The van der Waals surface area contributed by atoms with Crippen LogP contribution in [-0.4, -0.2) is 47.2 Å². The number of amides is 1. The smallest absolute Gasteiger partial charge is 0.293 e. The van der Waals surface area contributed by atoms with Gasteiger partial charge in [0.1, 0.15) is 11.4 Å². The molecule has 4 rings (SSSR count). The largest absolute Gasteiger partial charge is 0.495 e. The number of carbonyl (C=O) groups excluding carboxylic acids is 1. The number of methoxy groups -OCH3 is 1. The number of anilines is 2. The molecule has 3 heterocycles. The number of aromatic nitrogens is 1. The van der Waals surface area contributed by atoms with E-state index < -0.39 is 11.0 Å². The van der Waals surface area contributed by atoms with Crippen molar-refractivity contribution in [3.8, 4) is 5.75 Å². The molecular weight excluding hydrogens is 352 g/mol. The number of nitro benzene ring substituents is 1. The first kappa shape index (κ1) is 17.1. The second kappa shape index (κ2) is 6.44. The van der Waals surface area contributed by atoms with Crippen molar-refractivity contribution in [2.75, 3.05) is 30.4 Å². The third kappa shape index (κ3) is 2.81. The van der Waals surface area contributed by atoms with E-state index in [2.05, 4.69) is 10.3 Å². The van der Waals surface area contributed by atoms with Gasteiger partial charge < -0.3 is 25.0 Å². The average molecular weight is 370 g/mol. The Labute approximate surface area is 154 Å². The van der Waals surface area contributed by atoms with Crippen LogP contribution in [0.15, 0.2) is 24.4 Å². The van der Waals surface area contributed by atoms with E-state index in [1.807, 2.05) is 0 Å². The van der Waals surface area contributed by atoms with Gasteiger partial charge in [-0.1, -0.05) is 0 Å². The Morgan fingerprint density at radius 1 is 1.41 bits per heavy atom. The van der Waals surface area contributed by atoms with Crippen molar-refractivity contribution in [3.63, 3.8) is 0 Å². The van der Waals surface area contributed by atoms with Gasteiger partial charge in [0.15, 0.2) is 0 Å². The van der Waals surface area contributed by atoms with Crippen molar-refractivity contribution in [1.82, 2.24) is 4.98 Å². The summed E-state index contributed by atoms with van der Waals surface area (Å²) in [5.41, 5.74) is 2.15. The summed E-state index contributed by atoms with van der Waals surface area (Å²) < 4.78 is 5.27. The van der Waals surface area contributed by atoms with Crippen molar-refractivity contribution < 1.29 is 19.6 Å². The van der Waals surface area contributed by atoms with Gasteiger partial charge in [-0.05, 0) is 24.6 Å². The molecule has 2 aliphatic heterocycles. The molecular formula is C18H18N4O5. The third-order valence-corrected chi connectivity index (χ3v) is 4.84. The number of ether oxygens (including phenoxy) is 1. The van der Waals surface area contributed by atoms with Crippen LogP contribution in [0.3, 0.4) is 0 Å². The maximum atomic E-state index is 12.6. The molecule has 9 nitrogen and oxygen atoms in total. The number of nitrogens with one attached hydrogen (secondary N) is 2. The molecule has 3 N–H and O–H groups in total. The number of rotatable bonds is 4. The first-order chi connectivity index (χ1) is 13.0. The van der Waals surface area contributed by atoms with E-state index in [0.717, 1.165) is 0 Å². The quantitative estimate of drug-likeness (QED) is 0.430. The zero-order chi connectivity index (χ0) is 19.1. The van der Waals surface area contributed by atoms with E-state index >= 15 is 0 Å². The van der Waals surface area contributed by atoms with Gasteiger partial charge in [0.2, 0.25) is 0 Å². The van der Waals surface area contributed by atoms with Gasteiger partial charge in [-0.15, -0.1) is 0 Å². The van der Waals surface area contributed by atoms with E-state index in [0.29, 0.717) is 46.9 Å². The molecule has 0 radical (unpaired) electrons. The molecule has 1 aromatic carbocycles. The molecule has 1 saturated heterocycles. The molecule has 1 fully saturated rings. The van der Waals surface area contributed by atoms with E-state index in [9.17, 15) is 20.0 Å². The Morgan fingerprint density at radius 3 is 2.89 bits per heavy atom. The minimum atomic E-state index is -0.554. The molecule has 1 amide bonds. The molecule has 27 heavy (non-hydrogen) atoms. The molecule has 2 aromatic rings. The summed E-state index contributed by atoms with van der Waals surface area (Å²) in [6.45, 7) is 0.760. The molecule has 0 saturated carbocycles. The number of aliphatic hydroxyl groups excluding tert-OH is 1. The summed E-state index contributed by atoms with van der Waals surface area (Å²) in [7, 11) is 1.52. The maximum absolute atomic E-state index is 12.6. The zero-order valence-corrected chi connectivity index (χ0v) is 14.6. The van der Waals surface area contributed by atoms with E-state index in [1.165, 1.54) is 19.2 Å². The number of benzene rings is 1. The summed E-state index contributed by atoms with van der Waals surface area (Å²) in [6, 6.07) is 4.65. The van der Waals surface area contributed by atoms with Crippen LogP contribution in [0.5, 0.6) is 5.75 Å². The maximum Gasteiger partial charge on any atom is 0.293 e. The molecule has 1 aromatic heterocycles. The fourth-order valence-electron chi connectivity index (χ4n) is 3.61. The normalized spacial score (nSPS) is 20.1. The fraction of sp³-hybridized carbons (Fsp3) is 0.278. The van der Waals surface area contributed by atoms with E-state index in [-0.39, 0.29) is 18.1 Å². The topological polar surface area (TPSA) is 121 Å². The van der Waals surface area contributed by atoms with Crippen LogP contribution in [0.2, 0.25) is 0 Å². The van der Waals surface area contributed by atoms with Crippen molar-refractivity contribution in [2.45, 2.75) is 12.5 Å². The predicted octanol–water partition coefficient (Wildman–Crippen LogP) is 2.00.